The molecule has 7 aliphatic carbocycles. The number of ether oxygens (including phenoxy) is 1. The number of esters is 1. The summed E-state index contributed by atoms with van der Waals surface area (Å²) in [5.41, 5.74) is 0.568. The van der Waals surface area contributed by atoms with E-state index in [1.54, 1.807) is 0 Å². The molecule has 7 aliphatic rings. The van der Waals surface area contributed by atoms with Crippen LogP contribution in [0, 0.1) is 46.3 Å². The van der Waals surface area contributed by atoms with Crippen LogP contribution in [0.3, 0.4) is 0 Å². The quantitative estimate of drug-likeness (QED) is 0.717. The second-order valence-corrected chi connectivity index (χ2v) is 9.75. The summed E-state index contributed by atoms with van der Waals surface area (Å²) < 4.78 is 5.69. The zero-order valence-corrected chi connectivity index (χ0v) is 13.6. The van der Waals surface area contributed by atoms with Gasteiger partial charge in [-0.1, -0.05) is 6.92 Å². The zero-order valence-electron chi connectivity index (χ0n) is 13.6. The third-order valence-corrected chi connectivity index (χ3v) is 8.14. The maximum absolute atomic E-state index is 12.8. The van der Waals surface area contributed by atoms with Crippen LogP contribution < -0.4 is 0 Å². The molecule has 0 spiro atoms. The predicted octanol–water partition coefficient (Wildman–Crippen LogP) is 4.04. The first-order chi connectivity index (χ1) is 9.91. The molecule has 0 aliphatic heterocycles. The van der Waals surface area contributed by atoms with Gasteiger partial charge in [0.2, 0.25) is 0 Å². The molecule has 0 saturated heterocycles. The fourth-order valence-electron chi connectivity index (χ4n) is 7.87. The van der Waals surface area contributed by atoms with E-state index in [2.05, 4.69) is 6.92 Å². The summed E-state index contributed by atoms with van der Waals surface area (Å²) in [4.78, 5) is 12.8. The molecule has 7 saturated carbocycles. The smallest absolute Gasteiger partial charge is 0.312 e. The molecule has 116 valence electrons. The van der Waals surface area contributed by atoms with Gasteiger partial charge < -0.3 is 4.74 Å². The Hall–Kier alpha value is -0.530. The van der Waals surface area contributed by atoms with Crippen LogP contribution in [0.25, 0.3) is 0 Å². The van der Waals surface area contributed by atoms with E-state index in [1.807, 2.05) is 13.8 Å². The molecule has 2 nitrogen and oxygen atoms in total. The van der Waals surface area contributed by atoms with E-state index in [9.17, 15) is 4.79 Å². The number of rotatable bonds is 2. The van der Waals surface area contributed by atoms with E-state index in [4.69, 9.17) is 4.74 Å². The summed E-state index contributed by atoms with van der Waals surface area (Å²) in [7, 11) is 0. The molecule has 7 rings (SSSR count). The van der Waals surface area contributed by atoms with Gasteiger partial charge in [0, 0.05) is 0 Å². The third kappa shape index (κ3) is 1.48. The van der Waals surface area contributed by atoms with Crippen molar-refractivity contribution in [2.75, 3.05) is 0 Å². The van der Waals surface area contributed by atoms with E-state index >= 15 is 0 Å². The number of carbonyl (C=O) groups is 1. The summed E-state index contributed by atoms with van der Waals surface area (Å²) in [6.07, 6.45) is 7.88. The van der Waals surface area contributed by atoms with Crippen molar-refractivity contribution in [1.29, 1.82) is 0 Å². The highest BCUT2D eigenvalue weighted by molar-refractivity contribution is 5.78. The molecule has 0 aromatic rings. The first kappa shape index (κ1) is 13.0. The Morgan fingerprint density at radius 1 is 0.857 bits per heavy atom. The Bertz CT molecular complexity index is 443. The summed E-state index contributed by atoms with van der Waals surface area (Å²) in [5, 5.41) is 0. The zero-order chi connectivity index (χ0) is 14.6. The fraction of sp³-hybridized carbons (Fsp3) is 0.947. The van der Waals surface area contributed by atoms with Gasteiger partial charge in [0.1, 0.15) is 0 Å². The molecular weight excluding hydrogens is 260 g/mol. The maximum Gasteiger partial charge on any atom is 0.312 e. The first-order valence-electron chi connectivity index (χ1n) is 9.12. The molecule has 0 N–H and O–H groups in total. The van der Waals surface area contributed by atoms with E-state index in [-0.39, 0.29) is 17.5 Å². The summed E-state index contributed by atoms with van der Waals surface area (Å²) >= 11 is 0. The summed E-state index contributed by atoms with van der Waals surface area (Å²) in [6.45, 7) is 6.53. The molecule has 2 heteroatoms. The van der Waals surface area contributed by atoms with Gasteiger partial charge in [-0.3, -0.25) is 4.79 Å². The van der Waals surface area contributed by atoms with Gasteiger partial charge in [-0.2, -0.15) is 0 Å². The van der Waals surface area contributed by atoms with Crippen LogP contribution in [0.4, 0.5) is 0 Å². The Labute approximate surface area is 128 Å². The predicted molar refractivity (Wildman–Crippen MR) is 80.4 cm³/mol. The lowest BCUT2D eigenvalue weighted by atomic mass is 9.31. The number of hydrogen-bond acceptors (Lipinski definition) is 2. The molecule has 8 bridgehead atoms. The van der Waals surface area contributed by atoms with Crippen LogP contribution in [0.2, 0.25) is 0 Å². The van der Waals surface area contributed by atoms with E-state index in [0.29, 0.717) is 5.41 Å². The van der Waals surface area contributed by atoms with Crippen LogP contribution in [-0.4, -0.2) is 12.1 Å². The SMILES string of the molecule is CC(C)OC(=O)C12CC3C4CC5(C)CC3C(C1)C(C5)C4C2. The van der Waals surface area contributed by atoms with Gasteiger partial charge in [-0.15, -0.1) is 0 Å². The summed E-state index contributed by atoms with van der Waals surface area (Å²) in [6, 6.07) is 0. The normalized spacial score (nSPS) is 59.0. The molecule has 0 amide bonds. The maximum atomic E-state index is 12.8. The Balaban J connectivity index is 1.51. The molecule has 0 aromatic heterocycles. The van der Waals surface area contributed by atoms with Crippen molar-refractivity contribution < 1.29 is 9.53 Å². The van der Waals surface area contributed by atoms with Crippen molar-refractivity contribution in [3.63, 3.8) is 0 Å². The monoisotopic (exact) mass is 288 g/mol. The average molecular weight is 288 g/mol. The highest BCUT2D eigenvalue weighted by Crippen LogP contribution is 2.76. The lowest BCUT2D eigenvalue weighted by Crippen LogP contribution is -2.68. The molecule has 7 fully saturated rings. The van der Waals surface area contributed by atoms with Gasteiger partial charge >= 0.3 is 5.97 Å². The second kappa shape index (κ2) is 3.68. The van der Waals surface area contributed by atoms with Crippen molar-refractivity contribution in [2.45, 2.75) is 65.4 Å². The molecule has 0 unspecified atom stereocenters. The van der Waals surface area contributed by atoms with Gasteiger partial charge in [-0.05, 0) is 93.3 Å². The lowest BCUT2D eigenvalue weighted by molar-refractivity contribution is -0.256. The van der Waals surface area contributed by atoms with Crippen LogP contribution in [-0.2, 0) is 9.53 Å². The minimum atomic E-state index is -0.0845. The summed E-state index contributed by atoms with van der Waals surface area (Å²) in [5.74, 6) is 5.55. The molecule has 0 heterocycles. The second-order valence-electron chi connectivity index (χ2n) is 9.75. The largest absolute Gasteiger partial charge is 0.463 e. The van der Waals surface area contributed by atoms with Crippen molar-refractivity contribution in [2.24, 2.45) is 46.3 Å². The minimum Gasteiger partial charge on any atom is -0.463 e. The standard InChI is InChI=1S/C19H28O2/c1-10(2)21-17(20)19-7-14-11-4-18(3)5-12(14)16(9-19)13(6-18)15(11)8-19/h10-16H,4-9H2,1-3H3. The van der Waals surface area contributed by atoms with Crippen molar-refractivity contribution in [3.05, 3.63) is 0 Å². The van der Waals surface area contributed by atoms with Gasteiger partial charge in [0.15, 0.2) is 0 Å². The van der Waals surface area contributed by atoms with Crippen LogP contribution in [0.5, 0.6) is 0 Å². The van der Waals surface area contributed by atoms with Crippen molar-refractivity contribution in [1.82, 2.24) is 0 Å². The fourth-order valence-corrected chi connectivity index (χ4v) is 7.87. The molecule has 0 aromatic carbocycles. The van der Waals surface area contributed by atoms with Gasteiger partial charge in [0.25, 0.3) is 0 Å². The Morgan fingerprint density at radius 2 is 1.24 bits per heavy atom. The van der Waals surface area contributed by atoms with E-state index in [1.165, 1.54) is 19.3 Å². The van der Waals surface area contributed by atoms with Crippen LogP contribution >= 0.6 is 0 Å². The number of hydrogen-bond donors (Lipinski definition) is 0. The minimum absolute atomic E-state index is 0.0389. The van der Waals surface area contributed by atoms with E-state index in [0.717, 1.165) is 54.8 Å². The molecule has 0 radical (unpaired) electrons. The molecular formula is C19H28O2. The first-order valence-corrected chi connectivity index (χ1v) is 9.12. The van der Waals surface area contributed by atoms with Crippen molar-refractivity contribution >= 4 is 5.97 Å². The lowest BCUT2D eigenvalue weighted by Gasteiger charge is -2.74. The van der Waals surface area contributed by atoms with Crippen molar-refractivity contribution in [3.8, 4) is 0 Å². The van der Waals surface area contributed by atoms with Crippen LogP contribution in [0.15, 0.2) is 0 Å². The third-order valence-electron chi connectivity index (χ3n) is 8.14. The molecule has 21 heavy (non-hydrogen) atoms. The average Bonchev–Trinajstić information content (AvgIpc) is 2.42. The molecule has 0 atom stereocenters. The topological polar surface area (TPSA) is 26.3 Å². The van der Waals surface area contributed by atoms with Gasteiger partial charge in [-0.25, -0.2) is 0 Å². The van der Waals surface area contributed by atoms with E-state index < -0.39 is 0 Å². The Morgan fingerprint density at radius 3 is 1.62 bits per heavy atom. The number of carbonyl (C=O) groups excluding carboxylic acids is 1. The Kier molecular flexibility index (Phi) is 2.27. The van der Waals surface area contributed by atoms with Crippen LogP contribution in [0.1, 0.15) is 59.3 Å². The highest BCUT2D eigenvalue weighted by Gasteiger charge is 2.71. The van der Waals surface area contributed by atoms with Gasteiger partial charge in [0.05, 0.1) is 11.5 Å². The highest BCUT2D eigenvalue weighted by atomic mass is 16.5.